The molecule has 0 unspecified atom stereocenters. The minimum absolute atomic E-state index is 0.470. The Kier molecular flexibility index (Phi) is 5.52. The molecule has 0 saturated carbocycles. The van der Waals surface area contributed by atoms with Crippen LogP contribution in [0.25, 0.3) is 16.8 Å². The molecule has 2 aromatic carbocycles. The molecule has 0 fully saturated rings. The number of ether oxygens (including phenoxy) is 2. The van der Waals surface area contributed by atoms with E-state index in [2.05, 4.69) is 16.4 Å². The number of anilines is 1. The van der Waals surface area contributed by atoms with Crippen LogP contribution in [0.3, 0.4) is 0 Å². The molecule has 26 heavy (non-hydrogen) atoms. The molecule has 130 valence electrons. The Morgan fingerprint density at radius 1 is 1.12 bits per heavy atom. The van der Waals surface area contributed by atoms with Crippen molar-refractivity contribution in [2.24, 2.45) is 0 Å². The van der Waals surface area contributed by atoms with Gasteiger partial charge in [0.05, 0.1) is 19.9 Å². The summed E-state index contributed by atoms with van der Waals surface area (Å²) in [6.45, 7) is 0. The Labute approximate surface area is 156 Å². The van der Waals surface area contributed by atoms with E-state index < -0.39 is 0 Å². The zero-order valence-corrected chi connectivity index (χ0v) is 15.2. The summed E-state index contributed by atoms with van der Waals surface area (Å²) >= 11 is 1.43. The van der Waals surface area contributed by atoms with Gasteiger partial charge in [-0.1, -0.05) is 6.07 Å². The van der Waals surface area contributed by atoms with Gasteiger partial charge in [0.25, 0.3) is 0 Å². The molecular formula is C20H17N3O2S. The van der Waals surface area contributed by atoms with Crippen molar-refractivity contribution in [2.45, 2.75) is 0 Å². The quantitative estimate of drug-likeness (QED) is 0.637. The fourth-order valence-corrected chi connectivity index (χ4v) is 3.10. The van der Waals surface area contributed by atoms with Crippen LogP contribution < -0.4 is 14.8 Å². The third-order valence-corrected chi connectivity index (χ3v) is 4.57. The van der Waals surface area contributed by atoms with E-state index in [4.69, 9.17) is 9.47 Å². The second kappa shape index (κ2) is 8.19. The molecule has 0 radical (unpaired) electrons. The number of methoxy groups -OCH3 is 2. The van der Waals surface area contributed by atoms with E-state index in [0.29, 0.717) is 10.6 Å². The highest BCUT2D eigenvalue weighted by Crippen LogP contribution is 2.27. The van der Waals surface area contributed by atoms with Crippen LogP contribution in [-0.2, 0) is 0 Å². The first-order valence-electron chi connectivity index (χ1n) is 7.84. The van der Waals surface area contributed by atoms with Gasteiger partial charge in [0.15, 0.2) is 0 Å². The molecule has 5 nitrogen and oxygen atoms in total. The largest absolute Gasteiger partial charge is 0.497 e. The highest BCUT2D eigenvalue weighted by atomic mass is 32.1. The van der Waals surface area contributed by atoms with E-state index in [1.807, 2.05) is 53.9 Å². The first-order chi connectivity index (χ1) is 12.7. The minimum Gasteiger partial charge on any atom is -0.497 e. The maximum atomic E-state index is 9.47. The number of nitrogens with one attached hydrogen (secondary N) is 1. The molecule has 1 heterocycles. The molecule has 3 aromatic rings. The Morgan fingerprint density at radius 2 is 1.88 bits per heavy atom. The molecule has 1 aromatic heterocycles. The van der Waals surface area contributed by atoms with Gasteiger partial charge in [-0.15, -0.1) is 11.3 Å². The minimum atomic E-state index is 0.470. The van der Waals surface area contributed by atoms with Gasteiger partial charge < -0.3 is 14.8 Å². The van der Waals surface area contributed by atoms with E-state index in [1.54, 1.807) is 20.4 Å². The van der Waals surface area contributed by atoms with E-state index in [9.17, 15) is 5.26 Å². The molecular weight excluding hydrogens is 346 g/mol. The number of nitriles is 1. The summed E-state index contributed by atoms with van der Waals surface area (Å²) in [4.78, 5) is 4.58. The van der Waals surface area contributed by atoms with Crippen LogP contribution in [0.15, 0.2) is 60.1 Å². The first kappa shape index (κ1) is 17.5. The van der Waals surface area contributed by atoms with Crippen LogP contribution >= 0.6 is 11.3 Å². The average molecular weight is 363 g/mol. The number of hydrogen-bond acceptors (Lipinski definition) is 6. The fraction of sp³-hybridized carbons (Fsp3) is 0.100. The third kappa shape index (κ3) is 4.02. The molecule has 0 atom stereocenters. The molecule has 0 aliphatic carbocycles. The first-order valence-corrected chi connectivity index (χ1v) is 8.72. The lowest BCUT2D eigenvalue weighted by atomic mass is 10.2. The zero-order chi connectivity index (χ0) is 18.4. The summed E-state index contributed by atoms with van der Waals surface area (Å²) in [6.07, 6.45) is 1.66. The van der Waals surface area contributed by atoms with Crippen molar-refractivity contribution in [3.8, 4) is 28.8 Å². The topological polar surface area (TPSA) is 67.2 Å². The lowest BCUT2D eigenvalue weighted by Gasteiger charge is -2.04. The van der Waals surface area contributed by atoms with Crippen molar-refractivity contribution in [1.29, 1.82) is 5.26 Å². The number of thiazole rings is 1. The van der Waals surface area contributed by atoms with Gasteiger partial charge in [0.2, 0.25) is 0 Å². The molecule has 0 amide bonds. The Balaban J connectivity index is 1.80. The third-order valence-electron chi connectivity index (χ3n) is 3.69. The van der Waals surface area contributed by atoms with Gasteiger partial charge in [0, 0.05) is 28.9 Å². The summed E-state index contributed by atoms with van der Waals surface area (Å²) in [6, 6.07) is 17.4. The molecule has 0 aliphatic rings. The van der Waals surface area contributed by atoms with Crippen LogP contribution in [0.1, 0.15) is 5.01 Å². The van der Waals surface area contributed by atoms with Crippen LogP contribution in [0, 0.1) is 11.3 Å². The highest BCUT2D eigenvalue weighted by Gasteiger charge is 2.09. The molecule has 1 N–H and O–H groups in total. The molecule has 0 saturated heterocycles. The van der Waals surface area contributed by atoms with E-state index in [1.165, 1.54) is 11.3 Å². The van der Waals surface area contributed by atoms with Crippen molar-refractivity contribution in [3.05, 3.63) is 65.1 Å². The van der Waals surface area contributed by atoms with Gasteiger partial charge in [-0.05, 0) is 36.4 Å². The van der Waals surface area contributed by atoms with Crippen LogP contribution in [0.5, 0.6) is 11.5 Å². The lowest BCUT2D eigenvalue weighted by molar-refractivity contribution is 0.415. The summed E-state index contributed by atoms with van der Waals surface area (Å²) < 4.78 is 10.4. The maximum Gasteiger partial charge on any atom is 0.136 e. The number of benzene rings is 2. The second-order valence-electron chi connectivity index (χ2n) is 5.31. The molecule has 3 rings (SSSR count). The average Bonchev–Trinajstić information content (AvgIpc) is 3.19. The Morgan fingerprint density at radius 3 is 2.58 bits per heavy atom. The number of rotatable bonds is 6. The zero-order valence-electron chi connectivity index (χ0n) is 14.4. The van der Waals surface area contributed by atoms with Crippen molar-refractivity contribution in [2.75, 3.05) is 19.5 Å². The van der Waals surface area contributed by atoms with Crippen molar-refractivity contribution in [3.63, 3.8) is 0 Å². The molecule has 6 heteroatoms. The van der Waals surface area contributed by atoms with Crippen LogP contribution in [0.2, 0.25) is 0 Å². The summed E-state index contributed by atoms with van der Waals surface area (Å²) in [5, 5.41) is 15.2. The molecule has 0 aliphatic heterocycles. The predicted octanol–water partition coefficient (Wildman–Crippen LogP) is 4.80. The van der Waals surface area contributed by atoms with E-state index >= 15 is 0 Å². The Hall–Kier alpha value is -3.30. The van der Waals surface area contributed by atoms with E-state index in [-0.39, 0.29) is 0 Å². The van der Waals surface area contributed by atoms with Crippen LogP contribution in [-0.4, -0.2) is 19.2 Å². The summed E-state index contributed by atoms with van der Waals surface area (Å²) in [5.41, 5.74) is 3.11. The number of allylic oxidation sites excluding steroid dienone is 1. The van der Waals surface area contributed by atoms with Crippen molar-refractivity contribution in [1.82, 2.24) is 4.98 Å². The second-order valence-corrected chi connectivity index (χ2v) is 6.17. The number of aromatic nitrogens is 1. The monoisotopic (exact) mass is 363 g/mol. The van der Waals surface area contributed by atoms with Crippen molar-refractivity contribution < 1.29 is 9.47 Å². The summed E-state index contributed by atoms with van der Waals surface area (Å²) in [7, 11) is 3.25. The molecule has 0 spiro atoms. The standard InChI is InChI=1S/C20H17N3O2S/c1-24-17-8-6-14(7-9-17)19-13-26-20(23-19)15(11-21)12-22-16-4-3-5-18(10-16)25-2/h3-10,12-13,22H,1-2H3/b15-12-. The smallest absolute Gasteiger partial charge is 0.136 e. The van der Waals surface area contributed by atoms with E-state index in [0.717, 1.165) is 28.4 Å². The predicted molar refractivity (Wildman–Crippen MR) is 104 cm³/mol. The highest BCUT2D eigenvalue weighted by molar-refractivity contribution is 7.11. The van der Waals surface area contributed by atoms with Gasteiger partial charge in [-0.25, -0.2) is 4.98 Å². The normalized spacial score (nSPS) is 10.9. The summed E-state index contributed by atoms with van der Waals surface area (Å²) in [5.74, 6) is 1.54. The van der Waals surface area contributed by atoms with Crippen LogP contribution in [0.4, 0.5) is 5.69 Å². The fourth-order valence-electron chi connectivity index (χ4n) is 2.30. The number of hydrogen-bond donors (Lipinski definition) is 1. The molecule has 0 bridgehead atoms. The number of nitrogens with zero attached hydrogens (tertiary/aromatic N) is 2. The Bertz CT molecular complexity index is 956. The maximum absolute atomic E-state index is 9.47. The van der Waals surface area contributed by atoms with Gasteiger partial charge >= 0.3 is 0 Å². The lowest BCUT2D eigenvalue weighted by Crippen LogP contribution is -1.92. The van der Waals surface area contributed by atoms with Crippen molar-refractivity contribution >= 4 is 22.6 Å². The van der Waals surface area contributed by atoms with Gasteiger partial charge in [0.1, 0.15) is 28.1 Å². The van der Waals surface area contributed by atoms with Gasteiger partial charge in [-0.3, -0.25) is 0 Å². The SMILES string of the molecule is COc1ccc(-c2csc(/C(C#N)=C\Nc3cccc(OC)c3)n2)cc1. The van der Waals surface area contributed by atoms with Gasteiger partial charge in [-0.2, -0.15) is 5.26 Å².